The van der Waals surface area contributed by atoms with E-state index in [4.69, 9.17) is 5.73 Å². The second-order valence-electron chi connectivity index (χ2n) is 7.31. The van der Waals surface area contributed by atoms with Crippen LogP contribution in [0.2, 0.25) is 0 Å². The maximum atomic E-state index is 6.90. The van der Waals surface area contributed by atoms with Crippen LogP contribution in [0.1, 0.15) is 69.5 Å². The number of fused-ring (bicyclic) bond motifs is 1. The van der Waals surface area contributed by atoms with Crippen molar-refractivity contribution in [3.63, 3.8) is 0 Å². The van der Waals surface area contributed by atoms with Crippen LogP contribution >= 0.6 is 0 Å². The molecule has 1 aromatic heterocycles. The molecule has 2 heteroatoms. The van der Waals surface area contributed by atoms with E-state index >= 15 is 0 Å². The quantitative estimate of drug-likeness (QED) is 0.825. The van der Waals surface area contributed by atoms with Gasteiger partial charge in [0, 0.05) is 23.3 Å². The van der Waals surface area contributed by atoms with Gasteiger partial charge in [-0.3, -0.25) is 4.98 Å². The maximum Gasteiger partial charge on any atom is 0.0484 e. The zero-order valence-electron chi connectivity index (χ0n) is 12.9. The van der Waals surface area contributed by atoms with Gasteiger partial charge < -0.3 is 5.73 Å². The SMILES string of the molecule is CC(C)C1CCCC(N)(C2CCc3cccnc32)CC1. The molecule has 0 radical (unpaired) electrons. The summed E-state index contributed by atoms with van der Waals surface area (Å²) >= 11 is 0. The molecule has 1 saturated carbocycles. The fourth-order valence-corrected chi connectivity index (χ4v) is 4.40. The average molecular weight is 272 g/mol. The summed E-state index contributed by atoms with van der Waals surface area (Å²) in [4.78, 5) is 4.67. The number of hydrogen-bond donors (Lipinski definition) is 1. The third-order valence-corrected chi connectivity index (χ3v) is 5.79. The first-order chi connectivity index (χ1) is 9.60. The van der Waals surface area contributed by atoms with Gasteiger partial charge in [-0.25, -0.2) is 0 Å². The van der Waals surface area contributed by atoms with Crippen LogP contribution in [0, 0.1) is 11.8 Å². The predicted molar refractivity (Wildman–Crippen MR) is 83.6 cm³/mol. The number of nitrogens with zero attached hydrogens (tertiary/aromatic N) is 1. The number of aryl methyl sites for hydroxylation is 1. The summed E-state index contributed by atoms with van der Waals surface area (Å²) < 4.78 is 0. The number of hydrogen-bond acceptors (Lipinski definition) is 2. The Kier molecular flexibility index (Phi) is 3.85. The first-order valence-electron chi connectivity index (χ1n) is 8.33. The minimum Gasteiger partial charge on any atom is -0.324 e. The number of nitrogens with two attached hydrogens (primary N) is 1. The van der Waals surface area contributed by atoms with E-state index in [1.165, 1.54) is 56.2 Å². The smallest absolute Gasteiger partial charge is 0.0484 e. The molecule has 3 atom stereocenters. The molecule has 2 aliphatic carbocycles. The standard InChI is InChI=1S/C18H28N2/c1-13(2)14-5-3-10-18(19,11-9-14)16-8-7-15-6-4-12-20-17(15)16/h4,6,12-14,16H,3,5,7-11,19H2,1-2H3. The molecule has 0 aromatic carbocycles. The minimum atomic E-state index is -0.0107. The summed E-state index contributed by atoms with van der Waals surface area (Å²) in [6, 6.07) is 4.30. The summed E-state index contributed by atoms with van der Waals surface area (Å²) in [5.41, 5.74) is 9.63. The molecule has 20 heavy (non-hydrogen) atoms. The van der Waals surface area contributed by atoms with Crippen molar-refractivity contribution in [2.24, 2.45) is 17.6 Å². The average Bonchev–Trinajstić information content (AvgIpc) is 2.77. The molecule has 3 unspecified atom stereocenters. The molecular formula is C18H28N2. The van der Waals surface area contributed by atoms with Gasteiger partial charge in [0.2, 0.25) is 0 Å². The summed E-state index contributed by atoms with van der Waals surface area (Å²) in [5, 5.41) is 0. The molecule has 0 aliphatic heterocycles. The van der Waals surface area contributed by atoms with Crippen molar-refractivity contribution in [2.75, 3.05) is 0 Å². The zero-order chi connectivity index (χ0) is 14.2. The van der Waals surface area contributed by atoms with Gasteiger partial charge in [-0.15, -0.1) is 0 Å². The second kappa shape index (κ2) is 5.48. The molecular weight excluding hydrogens is 244 g/mol. The summed E-state index contributed by atoms with van der Waals surface area (Å²) in [7, 11) is 0. The molecule has 0 saturated heterocycles. The van der Waals surface area contributed by atoms with Crippen molar-refractivity contribution in [1.82, 2.24) is 4.98 Å². The van der Waals surface area contributed by atoms with Crippen molar-refractivity contribution in [1.29, 1.82) is 0 Å². The van der Waals surface area contributed by atoms with Gasteiger partial charge in [0.15, 0.2) is 0 Å². The van der Waals surface area contributed by atoms with Crippen molar-refractivity contribution >= 4 is 0 Å². The fraction of sp³-hybridized carbons (Fsp3) is 0.722. The molecule has 1 heterocycles. The molecule has 0 spiro atoms. The maximum absolute atomic E-state index is 6.90. The lowest BCUT2D eigenvalue weighted by Crippen LogP contribution is -2.45. The highest BCUT2D eigenvalue weighted by Crippen LogP contribution is 2.45. The fourth-order valence-electron chi connectivity index (χ4n) is 4.40. The van der Waals surface area contributed by atoms with E-state index in [1.807, 2.05) is 6.20 Å². The molecule has 0 amide bonds. The topological polar surface area (TPSA) is 38.9 Å². The predicted octanol–water partition coefficient (Wildman–Crippen LogP) is 4.05. The molecule has 2 nitrogen and oxygen atoms in total. The lowest BCUT2D eigenvalue weighted by atomic mass is 9.76. The van der Waals surface area contributed by atoms with Gasteiger partial charge in [-0.1, -0.05) is 32.8 Å². The Morgan fingerprint density at radius 2 is 2.10 bits per heavy atom. The van der Waals surface area contributed by atoms with Crippen molar-refractivity contribution < 1.29 is 0 Å². The van der Waals surface area contributed by atoms with Crippen LogP contribution < -0.4 is 5.73 Å². The Morgan fingerprint density at radius 1 is 1.25 bits per heavy atom. The Bertz CT molecular complexity index is 468. The van der Waals surface area contributed by atoms with Crippen LogP contribution in [-0.2, 0) is 6.42 Å². The largest absolute Gasteiger partial charge is 0.324 e. The minimum absolute atomic E-state index is 0.0107. The molecule has 2 aliphatic rings. The molecule has 3 rings (SSSR count). The highest BCUT2D eigenvalue weighted by Gasteiger charge is 2.41. The first kappa shape index (κ1) is 14.1. The van der Waals surface area contributed by atoms with Gasteiger partial charge in [0.05, 0.1) is 0 Å². The number of pyridine rings is 1. The Hall–Kier alpha value is -0.890. The van der Waals surface area contributed by atoms with Gasteiger partial charge >= 0.3 is 0 Å². The van der Waals surface area contributed by atoms with Crippen LogP contribution in [0.4, 0.5) is 0 Å². The molecule has 0 bridgehead atoms. The zero-order valence-corrected chi connectivity index (χ0v) is 12.9. The molecule has 1 aromatic rings. The van der Waals surface area contributed by atoms with E-state index in [0.717, 1.165) is 11.8 Å². The number of rotatable bonds is 2. The second-order valence-corrected chi connectivity index (χ2v) is 7.31. The highest BCUT2D eigenvalue weighted by atomic mass is 14.8. The lowest BCUT2D eigenvalue weighted by Gasteiger charge is -2.35. The van der Waals surface area contributed by atoms with Gasteiger partial charge in [0.1, 0.15) is 0 Å². The van der Waals surface area contributed by atoms with Crippen molar-refractivity contribution in [3.05, 3.63) is 29.6 Å². The van der Waals surface area contributed by atoms with Crippen LogP contribution in [0.25, 0.3) is 0 Å². The van der Waals surface area contributed by atoms with E-state index in [-0.39, 0.29) is 5.54 Å². The Labute approximate surface area is 123 Å². The third-order valence-electron chi connectivity index (χ3n) is 5.79. The normalized spacial score (nSPS) is 34.0. The highest BCUT2D eigenvalue weighted by molar-refractivity contribution is 5.32. The van der Waals surface area contributed by atoms with Gasteiger partial charge in [0.25, 0.3) is 0 Å². The summed E-state index contributed by atoms with van der Waals surface area (Å²) in [6.45, 7) is 4.72. The van der Waals surface area contributed by atoms with E-state index in [9.17, 15) is 0 Å². The lowest BCUT2D eigenvalue weighted by molar-refractivity contribution is 0.282. The summed E-state index contributed by atoms with van der Waals surface area (Å²) in [5.74, 6) is 2.15. The van der Waals surface area contributed by atoms with Crippen molar-refractivity contribution in [2.45, 2.75) is 70.3 Å². The van der Waals surface area contributed by atoms with E-state index in [0.29, 0.717) is 5.92 Å². The van der Waals surface area contributed by atoms with Crippen LogP contribution in [-0.4, -0.2) is 10.5 Å². The van der Waals surface area contributed by atoms with E-state index < -0.39 is 0 Å². The van der Waals surface area contributed by atoms with E-state index in [1.54, 1.807) is 0 Å². The summed E-state index contributed by atoms with van der Waals surface area (Å²) in [6.07, 6.45) is 10.6. The van der Waals surface area contributed by atoms with Gasteiger partial charge in [-0.05, 0) is 55.6 Å². The van der Waals surface area contributed by atoms with Crippen LogP contribution in [0.3, 0.4) is 0 Å². The first-order valence-corrected chi connectivity index (χ1v) is 8.33. The van der Waals surface area contributed by atoms with Crippen molar-refractivity contribution in [3.8, 4) is 0 Å². The van der Waals surface area contributed by atoms with Crippen LogP contribution in [0.5, 0.6) is 0 Å². The van der Waals surface area contributed by atoms with Crippen LogP contribution in [0.15, 0.2) is 18.3 Å². The Balaban J connectivity index is 1.80. The Morgan fingerprint density at radius 3 is 2.90 bits per heavy atom. The third kappa shape index (κ3) is 2.50. The molecule has 1 fully saturated rings. The van der Waals surface area contributed by atoms with Gasteiger partial charge in [-0.2, -0.15) is 0 Å². The molecule has 2 N–H and O–H groups in total. The molecule has 110 valence electrons. The monoisotopic (exact) mass is 272 g/mol. The number of aromatic nitrogens is 1. The van der Waals surface area contributed by atoms with E-state index in [2.05, 4.69) is 31.0 Å².